The zero-order valence-electron chi connectivity index (χ0n) is 6.29. The molecular formula is C8H15NS. The monoisotopic (exact) mass is 157 g/mol. The first kappa shape index (κ1) is 6.99. The molecule has 58 valence electrons. The van der Waals surface area contributed by atoms with Crippen molar-refractivity contribution in [3.8, 4) is 0 Å². The van der Waals surface area contributed by atoms with E-state index in [-0.39, 0.29) is 0 Å². The van der Waals surface area contributed by atoms with Crippen molar-refractivity contribution in [1.29, 1.82) is 0 Å². The molecule has 0 amide bonds. The summed E-state index contributed by atoms with van der Waals surface area (Å²) < 4.78 is 0. The van der Waals surface area contributed by atoms with Crippen LogP contribution in [0.4, 0.5) is 0 Å². The van der Waals surface area contributed by atoms with Gasteiger partial charge in [0.25, 0.3) is 0 Å². The van der Waals surface area contributed by atoms with E-state index in [9.17, 15) is 0 Å². The van der Waals surface area contributed by atoms with Crippen LogP contribution in [0.3, 0.4) is 0 Å². The molecule has 0 aromatic heterocycles. The largest absolute Gasteiger partial charge is 0.302 e. The summed E-state index contributed by atoms with van der Waals surface area (Å²) in [4.78, 5) is 2.56. The molecule has 0 aliphatic carbocycles. The number of hydrogen-bond donors (Lipinski definition) is 1. The fraction of sp³-hybridized carbons (Fsp3) is 1.00. The van der Waals surface area contributed by atoms with E-state index >= 15 is 0 Å². The number of piperidine rings is 2. The molecule has 3 atom stereocenters. The van der Waals surface area contributed by atoms with Crippen molar-refractivity contribution in [1.82, 2.24) is 4.90 Å². The standard InChI is InChI=1S/C8H15NS/c10-8-4-7-2-1-3-9(5-7)6-8/h7-8,10H,1-6H2. The maximum Gasteiger partial charge on any atom is 0.0147 e. The number of hydrogen-bond acceptors (Lipinski definition) is 2. The molecular weight excluding hydrogens is 142 g/mol. The van der Waals surface area contributed by atoms with Crippen molar-refractivity contribution >= 4 is 12.6 Å². The van der Waals surface area contributed by atoms with E-state index in [1.54, 1.807) is 0 Å². The molecule has 2 fully saturated rings. The Morgan fingerprint density at radius 1 is 1.30 bits per heavy atom. The minimum Gasteiger partial charge on any atom is -0.302 e. The Hall–Kier alpha value is 0.310. The van der Waals surface area contributed by atoms with Gasteiger partial charge in [-0.15, -0.1) is 0 Å². The Morgan fingerprint density at radius 3 is 3.00 bits per heavy atom. The van der Waals surface area contributed by atoms with Crippen LogP contribution in [-0.2, 0) is 0 Å². The Balaban J connectivity index is 1.98. The Bertz CT molecular complexity index is 110. The Kier molecular flexibility index (Phi) is 1.92. The Labute approximate surface area is 68.2 Å². The van der Waals surface area contributed by atoms with Crippen molar-refractivity contribution in [2.24, 2.45) is 5.92 Å². The van der Waals surface area contributed by atoms with Crippen LogP contribution in [0.25, 0.3) is 0 Å². The molecule has 2 heteroatoms. The van der Waals surface area contributed by atoms with E-state index in [1.807, 2.05) is 0 Å². The van der Waals surface area contributed by atoms with Crippen LogP contribution >= 0.6 is 12.6 Å². The van der Waals surface area contributed by atoms with Gasteiger partial charge in [-0.05, 0) is 31.7 Å². The van der Waals surface area contributed by atoms with Gasteiger partial charge in [0.1, 0.15) is 0 Å². The minimum absolute atomic E-state index is 0.666. The molecule has 2 aliphatic rings. The molecule has 2 rings (SSSR count). The highest BCUT2D eigenvalue weighted by atomic mass is 32.1. The summed E-state index contributed by atoms with van der Waals surface area (Å²) in [6.07, 6.45) is 4.23. The molecule has 2 bridgehead atoms. The third-order valence-electron chi connectivity index (χ3n) is 2.68. The van der Waals surface area contributed by atoms with Crippen molar-refractivity contribution in [2.45, 2.75) is 24.5 Å². The average molecular weight is 157 g/mol. The van der Waals surface area contributed by atoms with Gasteiger partial charge in [-0.3, -0.25) is 0 Å². The van der Waals surface area contributed by atoms with Gasteiger partial charge in [0.15, 0.2) is 0 Å². The maximum atomic E-state index is 4.53. The fourth-order valence-electron chi connectivity index (χ4n) is 2.27. The van der Waals surface area contributed by atoms with Crippen LogP contribution in [0.1, 0.15) is 19.3 Å². The molecule has 0 spiro atoms. The van der Waals surface area contributed by atoms with Gasteiger partial charge in [-0.1, -0.05) is 0 Å². The lowest BCUT2D eigenvalue weighted by Gasteiger charge is -2.40. The predicted octanol–water partition coefficient (Wildman–Crippen LogP) is 1.40. The van der Waals surface area contributed by atoms with Crippen LogP contribution in [-0.4, -0.2) is 29.8 Å². The first-order chi connectivity index (χ1) is 4.84. The molecule has 0 saturated carbocycles. The molecule has 0 aromatic rings. The molecule has 2 aliphatic heterocycles. The van der Waals surface area contributed by atoms with E-state index in [0.29, 0.717) is 5.25 Å². The van der Waals surface area contributed by atoms with Crippen LogP contribution in [0.2, 0.25) is 0 Å². The summed E-state index contributed by atoms with van der Waals surface area (Å²) in [5.41, 5.74) is 0. The highest BCUT2D eigenvalue weighted by molar-refractivity contribution is 7.81. The van der Waals surface area contributed by atoms with E-state index in [0.717, 1.165) is 5.92 Å². The number of thiol groups is 1. The summed E-state index contributed by atoms with van der Waals surface area (Å²) in [7, 11) is 0. The van der Waals surface area contributed by atoms with Crippen LogP contribution in [0, 0.1) is 5.92 Å². The number of rotatable bonds is 0. The second kappa shape index (κ2) is 2.74. The van der Waals surface area contributed by atoms with Gasteiger partial charge >= 0.3 is 0 Å². The van der Waals surface area contributed by atoms with Crippen LogP contribution < -0.4 is 0 Å². The van der Waals surface area contributed by atoms with Gasteiger partial charge in [0, 0.05) is 18.3 Å². The quantitative estimate of drug-likeness (QED) is 0.520. The number of nitrogens with zero attached hydrogens (tertiary/aromatic N) is 1. The second-order valence-electron chi connectivity index (χ2n) is 3.66. The lowest BCUT2D eigenvalue weighted by atomic mass is 9.89. The van der Waals surface area contributed by atoms with Crippen molar-refractivity contribution in [2.75, 3.05) is 19.6 Å². The van der Waals surface area contributed by atoms with Crippen LogP contribution in [0.15, 0.2) is 0 Å². The summed E-state index contributed by atoms with van der Waals surface area (Å²) >= 11 is 4.53. The average Bonchev–Trinajstić information content (AvgIpc) is 1.85. The minimum atomic E-state index is 0.666. The smallest absolute Gasteiger partial charge is 0.0147 e. The fourth-order valence-corrected chi connectivity index (χ4v) is 2.80. The predicted molar refractivity (Wildman–Crippen MR) is 46.6 cm³/mol. The van der Waals surface area contributed by atoms with Gasteiger partial charge < -0.3 is 4.90 Å². The van der Waals surface area contributed by atoms with Gasteiger partial charge in [0.05, 0.1) is 0 Å². The summed E-state index contributed by atoms with van der Waals surface area (Å²) in [6.45, 7) is 3.92. The highest BCUT2D eigenvalue weighted by Gasteiger charge is 2.27. The first-order valence-corrected chi connectivity index (χ1v) is 4.76. The summed E-state index contributed by atoms with van der Waals surface area (Å²) in [6, 6.07) is 0. The second-order valence-corrected chi connectivity index (χ2v) is 4.39. The third kappa shape index (κ3) is 1.32. The maximum absolute atomic E-state index is 4.53. The molecule has 0 radical (unpaired) electrons. The lowest BCUT2D eigenvalue weighted by Crippen LogP contribution is -2.44. The lowest BCUT2D eigenvalue weighted by molar-refractivity contribution is 0.129. The Morgan fingerprint density at radius 2 is 2.20 bits per heavy atom. The summed E-state index contributed by atoms with van der Waals surface area (Å²) in [5.74, 6) is 0.977. The van der Waals surface area contributed by atoms with E-state index in [1.165, 1.54) is 38.9 Å². The van der Waals surface area contributed by atoms with Crippen molar-refractivity contribution in [3.63, 3.8) is 0 Å². The SMILES string of the molecule is SC1CC2CCCN(C1)C2. The van der Waals surface area contributed by atoms with E-state index in [4.69, 9.17) is 0 Å². The normalized spacial score (nSPS) is 47.1. The topological polar surface area (TPSA) is 3.24 Å². The highest BCUT2D eigenvalue weighted by Crippen LogP contribution is 2.28. The van der Waals surface area contributed by atoms with Crippen molar-refractivity contribution in [3.05, 3.63) is 0 Å². The van der Waals surface area contributed by atoms with E-state index in [2.05, 4.69) is 17.5 Å². The van der Waals surface area contributed by atoms with Crippen molar-refractivity contribution < 1.29 is 0 Å². The molecule has 10 heavy (non-hydrogen) atoms. The molecule has 2 saturated heterocycles. The number of fused-ring (bicyclic) bond motifs is 2. The zero-order valence-corrected chi connectivity index (χ0v) is 7.19. The van der Waals surface area contributed by atoms with Crippen LogP contribution in [0.5, 0.6) is 0 Å². The molecule has 1 nitrogen and oxygen atoms in total. The third-order valence-corrected chi connectivity index (χ3v) is 3.05. The van der Waals surface area contributed by atoms with Gasteiger partial charge in [-0.2, -0.15) is 12.6 Å². The van der Waals surface area contributed by atoms with Gasteiger partial charge in [0.2, 0.25) is 0 Å². The van der Waals surface area contributed by atoms with E-state index < -0.39 is 0 Å². The first-order valence-electron chi connectivity index (χ1n) is 4.25. The molecule has 2 heterocycles. The zero-order chi connectivity index (χ0) is 6.97. The van der Waals surface area contributed by atoms with Gasteiger partial charge in [-0.25, -0.2) is 0 Å². The molecule has 0 N–H and O–H groups in total. The molecule has 3 unspecified atom stereocenters. The summed E-state index contributed by atoms with van der Waals surface area (Å²) in [5, 5.41) is 0.666. The molecule has 0 aromatic carbocycles.